The minimum Gasteiger partial charge on any atom is -0.379 e. The lowest BCUT2D eigenvalue weighted by molar-refractivity contribution is -0.137. The molecular formula is C21H19ClF3N3O. The van der Waals surface area contributed by atoms with Crippen LogP contribution in [-0.2, 0) is 23.9 Å². The molecule has 1 aliphatic heterocycles. The van der Waals surface area contributed by atoms with Crippen LogP contribution in [0.15, 0.2) is 30.3 Å². The van der Waals surface area contributed by atoms with Crippen LogP contribution in [0.1, 0.15) is 22.6 Å². The number of benzene rings is 1. The summed E-state index contributed by atoms with van der Waals surface area (Å²) in [5, 5.41) is -0.339. The number of aromatic nitrogens is 3. The molecule has 0 N–H and O–H groups in total. The highest BCUT2D eigenvalue weighted by Crippen LogP contribution is 2.38. The molecule has 0 unspecified atom stereocenters. The van der Waals surface area contributed by atoms with Crippen molar-refractivity contribution in [1.82, 2.24) is 14.5 Å². The Hall–Kier alpha value is -2.38. The van der Waals surface area contributed by atoms with Crippen molar-refractivity contribution in [2.75, 3.05) is 13.2 Å². The fraction of sp³-hybridized carbons (Fsp3) is 0.333. The van der Waals surface area contributed by atoms with Crippen LogP contribution in [0.25, 0.3) is 22.6 Å². The fourth-order valence-corrected chi connectivity index (χ4v) is 4.00. The predicted octanol–water partition coefficient (Wildman–Crippen LogP) is 5.47. The van der Waals surface area contributed by atoms with Crippen LogP contribution in [0.3, 0.4) is 0 Å². The number of hydrogen-bond acceptors (Lipinski definition) is 3. The molecule has 152 valence electrons. The molecule has 29 heavy (non-hydrogen) atoms. The zero-order chi connectivity index (χ0) is 20.8. The van der Waals surface area contributed by atoms with Crippen molar-refractivity contribution in [3.05, 3.63) is 58.0 Å². The van der Waals surface area contributed by atoms with E-state index in [4.69, 9.17) is 21.3 Å². The van der Waals surface area contributed by atoms with E-state index in [0.717, 1.165) is 34.4 Å². The van der Waals surface area contributed by atoms with Crippen LogP contribution in [0.2, 0.25) is 5.02 Å². The smallest absolute Gasteiger partial charge is 0.379 e. The van der Waals surface area contributed by atoms with Crippen LogP contribution in [-0.4, -0.2) is 27.7 Å². The number of ether oxygens (including phenoxy) is 1. The average Bonchev–Trinajstić information content (AvgIpc) is 2.81. The molecule has 4 nitrogen and oxygen atoms in total. The van der Waals surface area contributed by atoms with Crippen molar-refractivity contribution in [2.24, 2.45) is 0 Å². The van der Waals surface area contributed by atoms with Gasteiger partial charge in [0.2, 0.25) is 0 Å². The lowest BCUT2D eigenvalue weighted by Crippen LogP contribution is -2.07. The van der Waals surface area contributed by atoms with E-state index in [0.29, 0.717) is 37.6 Å². The number of imidazole rings is 1. The highest BCUT2D eigenvalue weighted by atomic mass is 35.5. The highest BCUT2D eigenvalue weighted by Gasteiger charge is 2.33. The quantitative estimate of drug-likeness (QED) is 0.550. The summed E-state index contributed by atoms with van der Waals surface area (Å²) in [5.74, 6) is 0.586. The second kappa shape index (κ2) is 7.46. The largest absolute Gasteiger partial charge is 0.417 e. The molecule has 3 heterocycles. The third-order valence-corrected chi connectivity index (χ3v) is 5.22. The SMILES string of the molecule is Cc1cc(-c2nc(-c3ccc(C(F)(F)F)c(Cl)c3)n3c2CCOCC3)cc(C)n1. The first-order chi connectivity index (χ1) is 13.7. The molecule has 0 saturated heterocycles. The Bertz CT molecular complexity index is 1060. The van der Waals surface area contributed by atoms with E-state index < -0.39 is 11.7 Å². The van der Waals surface area contributed by atoms with Gasteiger partial charge in [0.1, 0.15) is 5.82 Å². The van der Waals surface area contributed by atoms with E-state index in [1.54, 1.807) is 0 Å². The van der Waals surface area contributed by atoms with Crippen molar-refractivity contribution >= 4 is 11.6 Å². The Morgan fingerprint density at radius 1 is 1.00 bits per heavy atom. The predicted molar refractivity (Wildman–Crippen MR) is 105 cm³/mol. The topological polar surface area (TPSA) is 39.9 Å². The fourth-order valence-electron chi connectivity index (χ4n) is 3.71. The van der Waals surface area contributed by atoms with Gasteiger partial charge in [-0.15, -0.1) is 0 Å². The molecule has 0 amide bonds. The molecule has 3 aromatic rings. The summed E-state index contributed by atoms with van der Waals surface area (Å²) in [4.78, 5) is 9.25. The first-order valence-corrected chi connectivity index (χ1v) is 9.62. The van der Waals surface area contributed by atoms with E-state index in [-0.39, 0.29) is 5.02 Å². The number of alkyl halides is 3. The van der Waals surface area contributed by atoms with Gasteiger partial charge in [0.05, 0.1) is 29.5 Å². The third-order valence-electron chi connectivity index (χ3n) is 4.90. The Balaban J connectivity index is 1.89. The molecule has 1 aliphatic rings. The third kappa shape index (κ3) is 3.89. The Morgan fingerprint density at radius 3 is 2.38 bits per heavy atom. The molecule has 2 aromatic heterocycles. The summed E-state index contributed by atoms with van der Waals surface area (Å²) in [6, 6.07) is 7.69. The lowest BCUT2D eigenvalue weighted by Gasteiger charge is -2.12. The minimum atomic E-state index is -4.50. The van der Waals surface area contributed by atoms with Gasteiger partial charge in [0, 0.05) is 41.2 Å². The molecule has 0 radical (unpaired) electrons. The molecule has 0 saturated carbocycles. The van der Waals surface area contributed by atoms with Gasteiger partial charge >= 0.3 is 6.18 Å². The van der Waals surface area contributed by atoms with E-state index in [1.165, 1.54) is 12.1 Å². The molecule has 0 spiro atoms. The van der Waals surface area contributed by atoms with Gasteiger partial charge in [-0.1, -0.05) is 17.7 Å². The van der Waals surface area contributed by atoms with Crippen molar-refractivity contribution < 1.29 is 17.9 Å². The van der Waals surface area contributed by atoms with E-state index >= 15 is 0 Å². The zero-order valence-electron chi connectivity index (χ0n) is 16.0. The summed E-state index contributed by atoms with van der Waals surface area (Å²) in [5.41, 5.74) is 4.18. The summed E-state index contributed by atoms with van der Waals surface area (Å²) >= 11 is 5.95. The maximum Gasteiger partial charge on any atom is 0.417 e. The van der Waals surface area contributed by atoms with Crippen molar-refractivity contribution in [1.29, 1.82) is 0 Å². The molecule has 0 aliphatic carbocycles. The summed E-state index contributed by atoms with van der Waals surface area (Å²) in [6.07, 6.45) is -3.83. The number of halogens is 4. The van der Waals surface area contributed by atoms with E-state index in [2.05, 4.69) is 4.98 Å². The molecular weight excluding hydrogens is 403 g/mol. The zero-order valence-corrected chi connectivity index (χ0v) is 16.7. The maximum atomic E-state index is 13.1. The molecule has 1 aromatic carbocycles. The monoisotopic (exact) mass is 421 g/mol. The number of pyridine rings is 1. The van der Waals surface area contributed by atoms with Gasteiger partial charge < -0.3 is 9.30 Å². The normalized spacial score (nSPS) is 14.6. The van der Waals surface area contributed by atoms with Gasteiger partial charge in [0.25, 0.3) is 0 Å². The van der Waals surface area contributed by atoms with E-state index in [9.17, 15) is 13.2 Å². The number of rotatable bonds is 2. The van der Waals surface area contributed by atoms with Gasteiger partial charge in [-0.05, 0) is 38.1 Å². The number of nitrogens with zero attached hydrogens (tertiary/aromatic N) is 3. The van der Waals surface area contributed by atoms with Crippen LogP contribution < -0.4 is 0 Å². The molecule has 0 fully saturated rings. The first kappa shape index (κ1) is 19.9. The van der Waals surface area contributed by atoms with Crippen molar-refractivity contribution in [3.8, 4) is 22.6 Å². The average molecular weight is 422 g/mol. The van der Waals surface area contributed by atoms with Gasteiger partial charge in [-0.3, -0.25) is 4.98 Å². The molecule has 8 heteroatoms. The van der Waals surface area contributed by atoms with Gasteiger partial charge in [-0.2, -0.15) is 13.2 Å². The molecule has 4 rings (SSSR count). The standard InChI is InChI=1S/C21H19ClF3N3O/c1-12-9-15(10-13(2)26-12)19-18-5-7-29-8-6-28(18)20(27-19)14-3-4-16(17(22)11-14)21(23,24)25/h3-4,9-11H,5-8H2,1-2H3. The van der Waals surface area contributed by atoms with Crippen LogP contribution in [0.5, 0.6) is 0 Å². The van der Waals surface area contributed by atoms with Crippen LogP contribution >= 0.6 is 11.6 Å². The Labute approximate surface area is 171 Å². The second-order valence-electron chi connectivity index (χ2n) is 7.08. The highest BCUT2D eigenvalue weighted by molar-refractivity contribution is 6.31. The number of fused-ring (bicyclic) bond motifs is 1. The van der Waals surface area contributed by atoms with E-state index in [1.807, 2.05) is 30.5 Å². The Morgan fingerprint density at radius 2 is 1.72 bits per heavy atom. The maximum absolute atomic E-state index is 13.1. The van der Waals surface area contributed by atoms with Gasteiger partial charge in [-0.25, -0.2) is 4.98 Å². The van der Waals surface area contributed by atoms with Crippen LogP contribution in [0, 0.1) is 13.8 Å². The molecule has 0 atom stereocenters. The first-order valence-electron chi connectivity index (χ1n) is 9.24. The van der Waals surface area contributed by atoms with Crippen molar-refractivity contribution in [2.45, 2.75) is 33.0 Å². The van der Waals surface area contributed by atoms with Crippen molar-refractivity contribution in [3.63, 3.8) is 0 Å². The number of hydrogen-bond donors (Lipinski definition) is 0. The summed E-state index contributed by atoms with van der Waals surface area (Å²) in [6.45, 7) is 5.49. The minimum absolute atomic E-state index is 0.339. The summed E-state index contributed by atoms with van der Waals surface area (Å²) in [7, 11) is 0. The number of aryl methyl sites for hydroxylation is 2. The Kier molecular flexibility index (Phi) is 5.12. The van der Waals surface area contributed by atoms with Crippen LogP contribution in [0.4, 0.5) is 13.2 Å². The summed E-state index contributed by atoms with van der Waals surface area (Å²) < 4.78 is 46.9. The lowest BCUT2D eigenvalue weighted by atomic mass is 10.1. The molecule has 0 bridgehead atoms. The van der Waals surface area contributed by atoms with Gasteiger partial charge in [0.15, 0.2) is 0 Å². The second-order valence-corrected chi connectivity index (χ2v) is 7.48.